The minimum absolute atomic E-state index is 0.0570. The molecule has 2 aromatic rings. The zero-order valence-electron chi connectivity index (χ0n) is 17.3. The van der Waals surface area contributed by atoms with E-state index in [-0.39, 0.29) is 24.8 Å². The molecule has 1 aliphatic heterocycles. The topological polar surface area (TPSA) is 114 Å². The molecule has 3 N–H and O–H groups in total. The first-order valence-electron chi connectivity index (χ1n) is 9.85. The van der Waals surface area contributed by atoms with Crippen LogP contribution in [0.25, 0.3) is 6.08 Å². The number of rotatable bonds is 8. The van der Waals surface area contributed by atoms with Gasteiger partial charge in [-0.25, -0.2) is 4.79 Å². The highest BCUT2D eigenvalue weighted by Crippen LogP contribution is 2.33. The van der Waals surface area contributed by atoms with E-state index in [0.29, 0.717) is 22.6 Å². The lowest BCUT2D eigenvalue weighted by molar-refractivity contribution is -0.141. The summed E-state index contributed by atoms with van der Waals surface area (Å²) in [4.78, 5) is 37.1. The molecule has 0 radical (unpaired) electrons. The van der Waals surface area contributed by atoms with Gasteiger partial charge < -0.3 is 25.2 Å². The molecule has 1 atom stereocenters. The molecule has 2 aromatic carbocycles. The summed E-state index contributed by atoms with van der Waals surface area (Å²) >= 11 is 0. The van der Waals surface area contributed by atoms with Crippen molar-refractivity contribution in [1.29, 1.82) is 0 Å². The quantitative estimate of drug-likeness (QED) is 0.562. The first kappa shape index (κ1) is 21.9. The van der Waals surface area contributed by atoms with Gasteiger partial charge in [0.25, 0.3) is 11.8 Å². The van der Waals surface area contributed by atoms with Gasteiger partial charge in [0.2, 0.25) is 6.79 Å². The number of carboxylic acid groups (broad SMARTS) is 1. The fourth-order valence-electron chi connectivity index (χ4n) is 3.04. The van der Waals surface area contributed by atoms with E-state index in [4.69, 9.17) is 9.47 Å². The Morgan fingerprint density at radius 2 is 1.77 bits per heavy atom. The van der Waals surface area contributed by atoms with E-state index in [9.17, 15) is 19.5 Å². The number of benzene rings is 2. The van der Waals surface area contributed by atoms with Gasteiger partial charge in [-0.15, -0.1) is 0 Å². The van der Waals surface area contributed by atoms with Crippen molar-refractivity contribution in [3.63, 3.8) is 0 Å². The van der Waals surface area contributed by atoms with Crippen LogP contribution in [0.15, 0.2) is 54.2 Å². The second-order valence-electron chi connectivity index (χ2n) is 7.48. The number of carboxylic acids is 1. The summed E-state index contributed by atoms with van der Waals surface area (Å²) in [6.07, 6.45) is 1.72. The van der Waals surface area contributed by atoms with Crippen molar-refractivity contribution in [2.45, 2.75) is 26.3 Å². The van der Waals surface area contributed by atoms with Gasteiger partial charge >= 0.3 is 5.97 Å². The van der Waals surface area contributed by atoms with Crippen LogP contribution in [-0.4, -0.2) is 35.7 Å². The number of carbonyl (C=O) groups is 3. The van der Waals surface area contributed by atoms with Gasteiger partial charge in [-0.2, -0.15) is 0 Å². The van der Waals surface area contributed by atoms with Crippen molar-refractivity contribution >= 4 is 23.9 Å². The smallest absolute Gasteiger partial charge is 0.326 e. The first-order valence-corrected chi connectivity index (χ1v) is 9.85. The maximum atomic E-state index is 12.9. The molecule has 0 fully saturated rings. The summed E-state index contributed by atoms with van der Waals surface area (Å²) in [6, 6.07) is 12.4. The van der Waals surface area contributed by atoms with Gasteiger partial charge in [0.1, 0.15) is 11.7 Å². The third-order valence-electron chi connectivity index (χ3n) is 4.55. The number of ether oxygens (including phenoxy) is 2. The highest BCUT2D eigenvalue weighted by molar-refractivity contribution is 6.06. The van der Waals surface area contributed by atoms with E-state index in [2.05, 4.69) is 10.6 Å². The maximum absolute atomic E-state index is 12.9. The number of carbonyl (C=O) groups excluding carboxylic acids is 2. The van der Waals surface area contributed by atoms with Gasteiger partial charge in [-0.05, 0) is 48.2 Å². The normalized spacial score (nSPS) is 13.6. The summed E-state index contributed by atoms with van der Waals surface area (Å²) in [5, 5.41) is 14.5. The Bertz CT molecular complexity index is 1000. The fraction of sp³-hybridized carbons (Fsp3) is 0.261. The minimum Gasteiger partial charge on any atom is -0.480 e. The standard InChI is InChI=1S/C23H24N2O6/c1-14(2)10-18(23(28)29)25-22(27)17(24-21(26)16-6-4-3-5-7-16)11-15-8-9-19-20(12-15)31-13-30-19/h3-9,11-12,14,18H,10,13H2,1-2H3,(H,24,26)(H,25,27)(H,28,29)/b17-11+/t18-/m1/s1. The Balaban J connectivity index is 1.88. The van der Waals surface area contributed by atoms with E-state index < -0.39 is 23.8 Å². The summed E-state index contributed by atoms with van der Waals surface area (Å²) in [6.45, 7) is 3.83. The third kappa shape index (κ3) is 5.85. The van der Waals surface area contributed by atoms with E-state index >= 15 is 0 Å². The van der Waals surface area contributed by atoms with Gasteiger partial charge in [0.05, 0.1) is 0 Å². The minimum atomic E-state index is -1.14. The second kappa shape index (κ2) is 9.80. The predicted octanol–water partition coefficient (Wildman–Crippen LogP) is 2.80. The lowest BCUT2D eigenvalue weighted by Crippen LogP contribution is -2.45. The van der Waals surface area contributed by atoms with E-state index in [1.807, 2.05) is 13.8 Å². The molecule has 0 saturated heterocycles. The number of nitrogens with one attached hydrogen (secondary N) is 2. The average molecular weight is 424 g/mol. The number of amides is 2. The highest BCUT2D eigenvalue weighted by atomic mass is 16.7. The average Bonchev–Trinajstić information content (AvgIpc) is 3.20. The molecule has 1 aliphatic rings. The molecule has 31 heavy (non-hydrogen) atoms. The van der Waals surface area contributed by atoms with Crippen LogP contribution in [0.4, 0.5) is 0 Å². The Morgan fingerprint density at radius 3 is 2.45 bits per heavy atom. The molecule has 0 aromatic heterocycles. The SMILES string of the molecule is CC(C)C[C@@H](NC(=O)/C(=C\c1ccc2c(c1)OCO2)NC(=O)c1ccccc1)C(=O)O. The lowest BCUT2D eigenvalue weighted by atomic mass is 10.0. The second-order valence-corrected chi connectivity index (χ2v) is 7.48. The van der Waals surface area contributed by atoms with Crippen LogP contribution in [0.2, 0.25) is 0 Å². The van der Waals surface area contributed by atoms with Crippen molar-refractivity contribution < 1.29 is 29.0 Å². The molecule has 0 bridgehead atoms. The highest BCUT2D eigenvalue weighted by Gasteiger charge is 2.24. The van der Waals surface area contributed by atoms with Gasteiger partial charge in [-0.1, -0.05) is 38.1 Å². The zero-order chi connectivity index (χ0) is 22.4. The number of aliphatic carboxylic acids is 1. The molecular formula is C23H24N2O6. The lowest BCUT2D eigenvalue weighted by Gasteiger charge is -2.18. The molecule has 2 amide bonds. The largest absolute Gasteiger partial charge is 0.480 e. The first-order chi connectivity index (χ1) is 14.8. The van der Waals surface area contributed by atoms with Crippen LogP contribution in [0.5, 0.6) is 11.5 Å². The van der Waals surface area contributed by atoms with Crippen LogP contribution < -0.4 is 20.1 Å². The van der Waals surface area contributed by atoms with Crippen LogP contribution in [0, 0.1) is 5.92 Å². The Labute approximate surface area is 179 Å². The molecule has 1 heterocycles. The van der Waals surface area contributed by atoms with Crippen LogP contribution >= 0.6 is 0 Å². The van der Waals surface area contributed by atoms with E-state index in [1.165, 1.54) is 6.08 Å². The molecule has 0 unspecified atom stereocenters. The van der Waals surface area contributed by atoms with Gasteiger partial charge in [-0.3, -0.25) is 9.59 Å². The summed E-state index contributed by atoms with van der Waals surface area (Å²) in [7, 11) is 0. The maximum Gasteiger partial charge on any atom is 0.326 e. The summed E-state index contributed by atoms with van der Waals surface area (Å²) < 4.78 is 10.6. The third-order valence-corrected chi connectivity index (χ3v) is 4.55. The van der Waals surface area contributed by atoms with Crippen molar-refractivity contribution in [3.8, 4) is 11.5 Å². The van der Waals surface area contributed by atoms with E-state index in [1.54, 1.807) is 48.5 Å². The molecule has 3 rings (SSSR count). The van der Waals surface area contributed by atoms with Crippen molar-refractivity contribution in [1.82, 2.24) is 10.6 Å². The summed E-state index contributed by atoms with van der Waals surface area (Å²) in [5.74, 6) is -1.17. The van der Waals surface area contributed by atoms with Crippen LogP contribution in [0.1, 0.15) is 36.2 Å². The van der Waals surface area contributed by atoms with Gasteiger partial charge in [0.15, 0.2) is 11.5 Å². The number of hydrogen-bond acceptors (Lipinski definition) is 5. The zero-order valence-corrected chi connectivity index (χ0v) is 17.3. The molecule has 0 aliphatic carbocycles. The molecule has 162 valence electrons. The molecular weight excluding hydrogens is 400 g/mol. The molecule has 0 spiro atoms. The van der Waals surface area contributed by atoms with Crippen molar-refractivity contribution in [3.05, 3.63) is 65.4 Å². The molecule has 8 heteroatoms. The van der Waals surface area contributed by atoms with E-state index in [0.717, 1.165) is 0 Å². The Morgan fingerprint density at radius 1 is 1.06 bits per heavy atom. The van der Waals surface area contributed by atoms with Gasteiger partial charge in [0, 0.05) is 5.56 Å². The monoisotopic (exact) mass is 424 g/mol. The number of fused-ring (bicyclic) bond motifs is 1. The molecule has 8 nitrogen and oxygen atoms in total. The Hall–Kier alpha value is -3.81. The van der Waals surface area contributed by atoms with Crippen LogP contribution in [0.3, 0.4) is 0 Å². The fourth-order valence-corrected chi connectivity index (χ4v) is 3.04. The Kier molecular flexibility index (Phi) is 6.92. The van der Waals surface area contributed by atoms with Crippen molar-refractivity contribution in [2.24, 2.45) is 5.92 Å². The molecule has 0 saturated carbocycles. The summed E-state index contributed by atoms with van der Waals surface area (Å²) in [5.41, 5.74) is 0.866. The van der Waals surface area contributed by atoms with Crippen LogP contribution in [-0.2, 0) is 9.59 Å². The predicted molar refractivity (Wildman–Crippen MR) is 113 cm³/mol. The van der Waals surface area contributed by atoms with Crippen molar-refractivity contribution in [2.75, 3.05) is 6.79 Å². The number of hydrogen-bond donors (Lipinski definition) is 3.